The van der Waals surface area contributed by atoms with Crippen molar-refractivity contribution in [2.75, 3.05) is 0 Å². The molecule has 0 aliphatic carbocycles. The van der Waals surface area contributed by atoms with Gasteiger partial charge in [0.2, 0.25) is 0 Å². The summed E-state index contributed by atoms with van der Waals surface area (Å²) in [5, 5.41) is 0. The van der Waals surface area contributed by atoms with Crippen LogP contribution in [-0.2, 0) is 6.42 Å². The van der Waals surface area contributed by atoms with E-state index in [2.05, 4.69) is 11.3 Å². The molecule has 1 aromatic carbocycles. The largest absolute Gasteiger partial charge is 0.461 e. The summed E-state index contributed by atoms with van der Waals surface area (Å²) < 4.78 is 53.2. The highest BCUT2D eigenvalue weighted by Crippen LogP contribution is 2.29. The normalized spacial score (nSPS) is 11.6. The Hall–Kier alpha value is -1.52. The van der Waals surface area contributed by atoms with Crippen molar-refractivity contribution in [3.05, 3.63) is 42.5 Å². The molecule has 1 rings (SSSR count). The summed E-state index contributed by atoms with van der Waals surface area (Å²) >= 11 is 0. The van der Waals surface area contributed by atoms with Gasteiger partial charge in [-0.05, 0) is 18.1 Å². The van der Waals surface area contributed by atoms with E-state index in [-0.39, 0.29) is 12.2 Å². The topological polar surface area (TPSA) is 9.23 Å². The Labute approximate surface area is 90.3 Å². The molecular weight excluding hydrogens is 224 g/mol. The molecule has 0 atom stereocenters. The summed E-state index contributed by atoms with van der Waals surface area (Å²) in [6, 6.07) is 5.77. The summed E-state index contributed by atoms with van der Waals surface area (Å²) in [6.07, 6.45) is -6.58. The SMILES string of the molecule is C=CCc1ccccc1OC(F)(F)C(F)F. The molecule has 0 N–H and O–H groups in total. The molecule has 1 aromatic rings. The second-order valence-corrected chi connectivity index (χ2v) is 3.07. The zero-order valence-corrected chi connectivity index (χ0v) is 8.30. The van der Waals surface area contributed by atoms with Crippen LogP contribution < -0.4 is 4.74 Å². The Morgan fingerprint density at radius 2 is 1.94 bits per heavy atom. The van der Waals surface area contributed by atoms with Crippen LogP contribution >= 0.6 is 0 Å². The van der Waals surface area contributed by atoms with Crippen LogP contribution in [0.25, 0.3) is 0 Å². The summed E-state index contributed by atoms with van der Waals surface area (Å²) in [6.45, 7) is 3.44. The number of halogens is 4. The lowest BCUT2D eigenvalue weighted by molar-refractivity contribution is -0.253. The van der Waals surface area contributed by atoms with Crippen molar-refractivity contribution in [1.82, 2.24) is 0 Å². The maximum Gasteiger partial charge on any atom is 0.461 e. The number of alkyl halides is 4. The highest BCUT2D eigenvalue weighted by Gasteiger charge is 2.44. The van der Waals surface area contributed by atoms with Crippen LogP contribution in [0.2, 0.25) is 0 Å². The Bertz CT molecular complexity index is 363. The average Bonchev–Trinajstić information content (AvgIpc) is 2.20. The Kier molecular flexibility index (Phi) is 3.93. The molecule has 0 unspecified atom stereocenters. The standard InChI is InChI=1S/C11H10F4O/c1-2-5-8-6-3-4-7-9(8)16-11(14,15)10(12)13/h2-4,6-7,10H,1,5H2. The van der Waals surface area contributed by atoms with Crippen molar-refractivity contribution >= 4 is 0 Å². The number of hydrogen-bond donors (Lipinski definition) is 0. The number of hydrogen-bond acceptors (Lipinski definition) is 1. The average molecular weight is 234 g/mol. The van der Waals surface area contributed by atoms with Gasteiger partial charge in [0.15, 0.2) is 0 Å². The molecule has 0 spiro atoms. The third kappa shape index (κ3) is 2.98. The predicted octanol–water partition coefficient (Wildman–Crippen LogP) is 3.65. The third-order valence-corrected chi connectivity index (χ3v) is 1.84. The predicted molar refractivity (Wildman–Crippen MR) is 51.9 cm³/mol. The minimum absolute atomic E-state index is 0.257. The van der Waals surface area contributed by atoms with E-state index in [0.717, 1.165) is 0 Å². The van der Waals surface area contributed by atoms with E-state index < -0.39 is 12.5 Å². The second kappa shape index (κ2) is 5.01. The lowest BCUT2D eigenvalue weighted by atomic mass is 10.1. The summed E-state index contributed by atoms with van der Waals surface area (Å²) in [5.41, 5.74) is 0.387. The molecule has 0 radical (unpaired) electrons. The molecule has 5 heteroatoms. The maximum absolute atomic E-state index is 12.7. The molecule has 1 nitrogen and oxygen atoms in total. The first-order chi connectivity index (χ1) is 7.47. The molecule has 0 fully saturated rings. The molecule has 0 saturated heterocycles. The molecule has 88 valence electrons. The van der Waals surface area contributed by atoms with Gasteiger partial charge in [0.05, 0.1) is 0 Å². The van der Waals surface area contributed by atoms with Gasteiger partial charge >= 0.3 is 12.5 Å². The van der Waals surface area contributed by atoms with Gasteiger partial charge in [-0.3, -0.25) is 0 Å². The first-order valence-electron chi connectivity index (χ1n) is 4.51. The van der Waals surface area contributed by atoms with Gasteiger partial charge in [0.25, 0.3) is 0 Å². The van der Waals surface area contributed by atoms with E-state index in [1.54, 1.807) is 6.07 Å². The van der Waals surface area contributed by atoms with E-state index >= 15 is 0 Å². The second-order valence-electron chi connectivity index (χ2n) is 3.07. The molecule has 0 amide bonds. The van der Waals surface area contributed by atoms with Gasteiger partial charge in [-0.2, -0.15) is 17.6 Å². The van der Waals surface area contributed by atoms with Crippen LogP contribution in [0.5, 0.6) is 5.75 Å². The highest BCUT2D eigenvalue weighted by atomic mass is 19.3. The molecule has 16 heavy (non-hydrogen) atoms. The van der Waals surface area contributed by atoms with Crippen molar-refractivity contribution in [3.63, 3.8) is 0 Å². The van der Waals surface area contributed by atoms with E-state index in [0.29, 0.717) is 5.56 Å². The lowest BCUT2D eigenvalue weighted by Gasteiger charge is -2.18. The first kappa shape index (κ1) is 12.5. The van der Waals surface area contributed by atoms with E-state index in [1.165, 1.54) is 24.3 Å². The molecule has 0 heterocycles. The third-order valence-electron chi connectivity index (χ3n) is 1.84. The summed E-state index contributed by atoms with van der Waals surface area (Å²) in [4.78, 5) is 0. The fourth-order valence-electron chi connectivity index (χ4n) is 1.12. The van der Waals surface area contributed by atoms with Crippen LogP contribution in [0.1, 0.15) is 5.56 Å². The summed E-state index contributed by atoms with van der Waals surface area (Å²) in [5.74, 6) is -0.257. The zero-order valence-electron chi connectivity index (χ0n) is 8.30. The van der Waals surface area contributed by atoms with Gasteiger partial charge in [-0.15, -0.1) is 6.58 Å². The molecule has 0 bridgehead atoms. The Morgan fingerprint density at radius 3 is 2.50 bits per heavy atom. The van der Waals surface area contributed by atoms with Gasteiger partial charge in [-0.1, -0.05) is 24.3 Å². The number of para-hydroxylation sites is 1. The summed E-state index contributed by atoms with van der Waals surface area (Å²) in [7, 11) is 0. The molecule has 0 aliphatic heterocycles. The van der Waals surface area contributed by atoms with E-state index in [1.807, 2.05) is 0 Å². The van der Waals surface area contributed by atoms with Crippen molar-refractivity contribution in [1.29, 1.82) is 0 Å². The van der Waals surface area contributed by atoms with Crippen LogP contribution in [0.3, 0.4) is 0 Å². The van der Waals surface area contributed by atoms with E-state index in [9.17, 15) is 17.6 Å². The molecule has 0 aliphatic rings. The van der Waals surface area contributed by atoms with Crippen molar-refractivity contribution in [2.24, 2.45) is 0 Å². The molecule has 0 aromatic heterocycles. The fraction of sp³-hybridized carbons (Fsp3) is 0.273. The zero-order chi connectivity index (χ0) is 12.2. The lowest BCUT2D eigenvalue weighted by Crippen LogP contribution is -2.33. The smallest absolute Gasteiger partial charge is 0.428 e. The quantitative estimate of drug-likeness (QED) is 0.558. The van der Waals surface area contributed by atoms with Crippen molar-refractivity contribution in [3.8, 4) is 5.75 Å². The monoisotopic (exact) mass is 234 g/mol. The number of benzene rings is 1. The van der Waals surface area contributed by atoms with Gasteiger partial charge in [-0.25, -0.2) is 0 Å². The van der Waals surface area contributed by atoms with Gasteiger partial charge in [0, 0.05) is 0 Å². The fourth-order valence-corrected chi connectivity index (χ4v) is 1.12. The Morgan fingerprint density at radius 1 is 1.31 bits per heavy atom. The van der Waals surface area contributed by atoms with Crippen LogP contribution in [0.15, 0.2) is 36.9 Å². The number of ether oxygens (including phenoxy) is 1. The number of allylic oxidation sites excluding steroid dienone is 1. The van der Waals surface area contributed by atoms with Crippen LogP contribution in [-0.4, -0.2) is 12.5 Å². The Balaban J connectivity index is 2.92. The highest BCUT2D eigenvalue weighted by molar-refractivity contribution is 5.34. The van der Waals surface area contributed by atoms with Gasteiger partial charge < -0.3 is 4.74 Å². The molecular formula is C11H10F4O. The number of rotatable bonds is 5. The van der Waals surface area contributed by atoms with Crippen LogP contribution in [0.4, 0.5) is 17.6 Å². The maximum atomic E-state index is 12.7. The minimum atomic E-state index is -4.47. The first-order valence-corrected chi connectivity index (χ1v) is 4.51. The van der Waals surface area contributed by atoms with Gasteiger partial charge in [0.1, 0.15) is 5.75 Å². The van der Waals surface area contributed by atoms with Crippen molar-refractivity contribution in [2.45, 2.75) is 19.0 Å². The van der Waals surface area contributed by atoms with Crippen molar-refractivity contribution < 1.29 is 22.3 Å². The van der Waals surface area contributed by atoms with Crippen LogP contribution in [0, 0.1) is 0 Å². The van der Waals surface area contributed by atoms with E-state index in [4.69, 9.17) is 0 Å². The minimum Gasteiger partial charge on any atom is -0.428 e. The molecule has 0 saturated carbocycles.